The summed E-state index contributed by atoms with van der Waals surface area (Å²) in [5.41, 5.74) is 4.77. The van der Waals surface area contributed by atoms with Gasteiger partial charge in [0.15, 0.2) is 5.65 Å². The predicted molar refractivity (Wildman–Crippen MR) is 123 cm³/mol. The summed E-state index contributed by atoms with van der Waals surface area (Å²) < 4.78 is 23.8. The third-order valence-electron chi connectivity index (χ3n) is 4.91. The standard InChI is InChI=1S/C23H25FN6O2/c1-31-11-9-26-18-13-16(7-8-25-18)21-20(15-3-5-17(24)6-4-15)22-23(30-21)29-19(14-28-22)27-10-12-32-2/h3-8,13-14H,9-12H2,1-2H3,(H,25,26)(H2,27,29,30). The summed E-state index contributed by atoms with van der Waals surface area (Å²) in [6.07, 6.45) is 3.43. The van der Waals surface area contributed by atoms with E-state index in [1.807, 2.05) is 12.1 Å². The molecule has 8 nitrogen and oxygen atoms in total. The van der Waals surface area contributed by atoms with E-state index in [1.165, 1.54) is 12.1 Å². The second-order valence-electron chi connectivity index (χ2n) is 7.10. The van der Waals surface area contributed by atoms with Crippen molar-refractivity contribution in [2.75, 3.05) is 51.2 Å². The summed E-state index contributed by atoms with van der Waals surface area (Å²) in [5, 5.41) is 6.43. The molecule has 0 saturated heterocycles. The van der Waals surface area contributed by atoms with E-state index < -0.39 is 0 Å². The van der Waals surface area contributed by atoms with Crippen LogP contribution >= 0.6 is 0 Å². The number of ether oxygens (including phenoxy) is 2. The fourth-order valence-corrected chi connectivity index (χ4v) is 3.40. The van der Waals surface area contributed by atoms with Crippen LogP contribution in [-0.4, -0.2) is 60.5 Å². The lowest BCUT2D eigenvalue weighted by Crippen LogP contribution is -2.09. The molecule has 3 heterocycles. The monoisotopic (exact) mass is 436 g/mol. The number of aromatic amines is 1. The van der Waals surface area contributed by atoms with E-state index in [0.29, 0.717) is 43.3 Å². The smallest absolute Gasteiger partial charge is 0.159 e. The highest BCUT2D eigenvalue weighted by molar-refractivity contribution is 6.00. The van der Waals surface area contributed by atoms with Crippen molar-refractivity contribution in [3.63, 3.8) is 0 Å². The Balaban J connectivity index is 1.78. The summed E-state index contributed by atoms with van der Waals surface area (Å²) in [6.45, 7) is 2.40. The summed E-state index contributed by atoms with van der Waals surface area (Å²) in [7, 11) is 3.30. The number of halogens is 1. The Bertz CT molecular complexity index is 1180. The zero-order chi connectivity index (χ0) is 22.3. The Labute approximate surface area is 185 Å². The fraction of sp³-hybridized carbons (Fsp3) is 0.261. The number of pyridine rings is 1. The summed E-state index contributed by atoms with van der Waals surface area (Å²) in [6, 6.07) is 10.2. The third-order valence-corrected chi connectivity index (χ3v) is 4.91. The lowest BCUT2D eigenvalue weighted by molar-refractivity contribution is 0.210. The van der Waals surface area contributed by atoms with Crippen LogP contribution < -0.4 is 10.6 Å². The Hall–Kier alpha value is -3.56. The maximum atomic E-state index is 13.6. The van der Waals surface area contributed by atoms with Crippen molar-refractivity contribution in [2.24, 2.45) is 0 Å². The lowest BCUT2D eigenvalue weighted by Gasteiger charge is -2.08. The Kier molecular flexibility index (Phi) is 6.88. The van der Waals surface area contributed by atoms with E-state index in [0.717, 1.165) is 28.2 Å². The van der Waals surface area contributed by atoms with Crippen molar-refractivity contribution < 1.29 is 13.9 Å². The van der Waals surface area contributed by atoms with Gasteiger partial charge in [0, 0.05) is 44.6 Å². The van der Waals surface area contributed by atoms with Crippen LogP contribution in [-0.2, 0) is 9.47 Å². The molecular formula is C23H25FN6O2. The molecule has 0 aliphatic heterocycles. The average molecular weight is 436 g/mol. The van der Waals surface area contributed by atoms with Gasteiger partial charge < -0.3 is 25.1 Å². The van der Waals surface area contributed by atoms with Crippen LogP contribution in [0, 0.1) is 5.82 Å². The zero-order valence-corrected chi connectivity index (χ0v) is 18.0. The molecule has 0 amide bonds. The highest BCUT2D eigenvalue weighted by Crippen LogP contribution is 2.37. The lowest BCUT2D eigenvalue weighted by atomic mass is 10.0. The van der Waals surface area contributed by atoms with Gasteiger partial charge in [0.25, 0.3) is 0 Å². The molecule has 0 bridgehead atoms. The minimum Gasteiger partial charge on any atom is -0.383 e. The fourth-order valence-electron chi connectivity index (χ4n) is 3.40. The van der Waals surface area contributed by atoms with Crippen LogP contribution in [0.5, 0.6) is 0 Å². The number of methoxy groups -OCH3 is 2. The van der Waals surface area contributed by atoms with Gasteiger partial charge >= 0.3 is 0 Å². The number of benzene rings is 1. The van der Waals surface area contributed by atoms with Gasteiger partial charge in [0.1, 0.15) is 23.0 Å². The third kappa shape index (κ3) is 4.84. The quantitative estimate of drug-likeness (QED) is 0.324. The highest BCUT2D eigenvalue weighted by atomic mass is 19.1. The first-order valence-corrected chi connectivity index (χ1v) is 10.3. The maximum absolute atomic E-state index is 13.6. The first kappa shape index (κ1) is 21.7. The molecule has 0 unspecified atom stereocenters. The summed E-state index contributed by atoms with van der Waals surface area (Å²) >= 11 is 0. The van der Waals surface area contributed by atoms with Gasteiger partial charge in [0.05, 0.1) is 25.1 Å². The Morgan fingerprint density at radius 1 is 0.906 bits per heavy atom. The molecule has 0 radical (unpaired) electrons. The zero-order valence-electron chi connectivity index (χ0n) is 18.0. The molecule has 0 saturated carbocycles. The highest BCUT2D eigenvalue weighted by Gasteiger charge is 2.18. The first-order chi connectivity index (χ1) is 15.7. The van der Waals surface area contributed by atoms with Crippen molar-refractivity contribution in [1.29, 1.82) is 0 Å². The van der Waals surface area contributed by atoms with Crippen molar-refractivity contribution in [3.05, 3.63) is 54.6 Å². The number of nitrogens with one attached hydrogen (secondary N) is 3. The summed E-state index contributed by atoms with van der Waals surface area (Å²) in [4.78, 5) is 17.1. The van der Waals surface area contributed by atoms with Crippen molar-refractivity contribution in [3.8, 4) is 22.4 Å². The molecule has 9 heteroatoms. The second-order valence-corrected chi connectivity index (χ2v) is 7.10. The average Bonchev–Trinajstić information content (AvgIpc) is 3.19. The molecule has 3 N–H and O–H groups in total. The topological polar surface area (TPSA) is 97.0 Å². The molecule has 32 heavy (non-hydrogen) atoms. The number of nitrogens with zero attached hydrogens (tertiary/aromatic N) is 3. The molecule has 4 aromatic rings. The molecular weight excluding hydrogens is 411 g/mol. The van der Waals surface area contributed by atoms with Gasteiger partial charge in [-0.2, -0.15) is 0 Å². The normalized spacial score (nSPS) is 11.1. The number of rotatable bonds is 10. The Morgan fingerprint density at radius 2 is 1.62 bits per heavy atom. The molecule has 4 rings (SSSR count). The van der Waals surface area contributed by atoms with E-state index in [9.17, 15) is 4.39 Å². The van der Waals surface area contributed by atoms with E-state index >= 15 is 0 Å². The van der Waals surface area contributed by atoms with Crippen LogP contribution in [0.15, 0.2) is 48.8 Å². The van der Waals surface area contributed by atoms with E-state index in [1.54, 1.807) is 38.7 Å². The van der Waals surface area contributed by atoms with Gasteiger partial charge in [-0.25, -0.2) is 19.3 Å². The van der Waals surface area contributed by atoms with Crippen molar-refractivity contribution >= 4 is 22.8 Å². The molecule has 166 valence electrons. The van der Waals surface area contributed by atoms with Crippen molar-refractivity contribution in [2.45, 2.75) is 0 Å². The largest absolute Gasteiger partial charge is 0.383 e. The van der Waals surface area contributed by atoms with Crippen LogP contribution in [0.2, 0.25) is 0 Å². The maximum Gasteiger partial charge on any atom is 0.159 e. The number of aromatic nitrogens is 4. The molecule has 0 aliphatic carbocycles. The number of fused-ring (bicyclic) bond motifs is 1. The van der Waals surface area contributed by atoms with Crippen LogP contribution in [0.25, 0.3) is 33.5 Å². The summed E-state index contributed by atoms with van der Waals surface area (Å²) in [5.74, 6) is 1.08. The van der Waals surface area contributed by atoms with Gasteiger partial charge in [-0.1, -0.05) is 12.1 Å². The van der Waals surface area contributed by atoms with Crippen LogP contribution in [0.4, 0.5) is 16.0 Å². The molecule has 0 atom stereocenters. The first-order valence-electron chi connectivity index (χ1n) is 10.3. The molecule has 0 aliphatic rings. The van der Waals surface area contributed by atoms with Gasteiger partial charge in [0.2, 0.25) is 0 Å². The SMILES string of the molecule is COCCNc1cc(-c2[nH]c3nc(NCCOC)cnc3c2-c2ccc(F)cc2)ccn1. The van der Waals surface area contributed by atoms with E-state index in [-0.39, 0.29) is 5.82 Å². The van der Waals surface area contributed by atoms with Gasteiger partial charge in [-0.15, -0.1) is 0 Å². The van der Waals surface area contributed by atoms with Gasteiger partial charge in [-0.05, 0) is 29.8 Å². The minimum atomic E-state index is -0.292. The predicted octanol–water partition coefficient (Wildman–Crippen LogP) is 3.94. The van der Waals surface area contributed by atoms with Crippen LogP contribution in [0.3, 0.4) is 0 Å². The molecule has 0 spiro atoms. The molecule has 0 fully saturated rings. The van der Waals surface area contributed by atoms with E-state index in [2.05, 4.69) is 30.6 Å². The Morgan fingerprint density at radius 3 is 2.34 bits per heavy atom. The molecule has 3 aromatic heterocycles. The molecule has 1 aromatic carbocycles. The second kappa shape index (κ2) is 10.2. The number of hydrogen-bond acceptors (Lipinski definition) is 7. The minimum absolute atomic E-state index is 0.292. The number of hydrogen-bond donors (Lipinski definition) is 3. The number of anilines is 2. The van der Waals surface area contributed by atoms with Crippen LogP contribution in [0.1, 0.15) is 0 Å². The van der Waals surface area contributed by atoms with Crippen molar-refractivity contribution in [1.82, 2.24) is 19.9 Å². The van der Waals surface area contributed by atoms with Gasteiger partial charge in [-0.3, -0.25) is 0 Å². The number of H-pyrrole nitrogens is 1. The van der Waals surface area contributed by atoms with E-state index in [4.69, 9.17) is 9.47 Å².